The number of carbonyl (C=O) groups is 1. The molecule has 4 nitrogen and oxygen atoms in total. The zero-order valence-corrected chi connectivity index (χ0v) is 12.4. The molecule has 0 aliphatic rings. The average molecular weight is 285 g/mol. The maximum Gasteiger partial charge on any atom is 0.260 e. The zero-order valence-electron chi connectivity index (χ0n) is 11.6. The van der Waals surface area contributed by atoms with E-state index >= 15 is 0 Å². The molecule has 0 saturated carbocycles. The van der Waals surface area contributed by atoms with Crippen LogP contribution in [-0.4, -0.2) is 37.6 Å². The molecule has 0 radical (unpaired) electrons. The Bertz CT molecular complexity index is 418. The van der Waals surface area contributed by atoms with Gasteiger partial charge < -0.3 is 15.4 Å². The van der Waals surface area contributed by atoms with Gasteiger partial charge in [-0.3, -0.25) is 4.79 Å². The van der Waals surface area contributed by atoms with Crippen LogP contribution in [0.3, 0.4) is 0 Å². The van der Waals surface area contributed by atoms with Crippen LogP contribution in [-0.2, 0) is 4.79 Å². The van der Waals surface area contributed by atoms with Crippen LogP contribution >= 0.6 is 11.6 Å². The summed E-state index contributed by atoms with van der Waals surface area (Å²) in [4.78, 5) is 13.6. The van der Waals surface area contributed by atoms with Crippen LogP contribution < -0.4 is 10.5 Å². The molecule has 0 spiro atoms. The molecular weight excluding hydrogens is 264 g/mol. The number of benzene rings is 1. The standard InChI is InChI=1S/C14H21ClN2O2/c1-14(2,9-16)10-17(3)13(18)8-19-12-6-4-11(15)5-7-12/h4-7H,8-10,16H2,1-3H3. The van der Waals surface area contributed by atoms with E-state index in [-0.39, 0.29) is 17.9 Å². The summed E-state index contributed by atoms with van der Waals surface area (Å²) in [6.07, 6.45) is 0. The third-order valence-electron chi connectivity index (χ3n) is 2.82. The third-order valence-corrected chi connectivity index (χ3v) is 3.07. The van der Waals surface area contributed by atoms with Crippen LogP contribution in [0.15, 0.2) is 24.3 Å². The van der Waals surface area contributed by atoms with Crippen molar-refractivity contribution in [2.75, 3.05) is 26.7 Å². The molecule has 1 aromatic carbocycles. The van der Waals surface area contributed by atoms with Gasteiger partial charge in [0.25, 0.3) is 5.91 Å². The van der Waals surface area contributed by atoms with E-state index in [1.807, 2.05) is 13.8 Å². The summed E-state index contributed by atoms with van der Waals surface area (Å²) in [5, 5.41) is 0.639. The average Bonchev–Trinajstić information content (AvgIpc) is 2.37. The Labute approximate surface area is 119 Å². The van der Waals surface area contributed by atoms with Crippen LogP contribution in [0.2, 0.25) is 5.02 Å². The summed E-state index contributed by atoms with van der Waals surface area (Å²) < 4.78 is 5.41. The molecule has 106 valence electrons. The molecular formula is C14H21ClN2O2. The normalized spacial score (nSPS) is 11.2. The molecule has 0 aliphatic carbocycles. The Balaban J connectivity index is 2.44. The second-order valence-corrected chi connectivity index (χ2v) is 5.80. The molecule has 0 unspecified atom stereocenters. The molecule has 0 aromatic heterocycles. The molecule has 2 N–H and O–H groups in total. The van der Waals surface area contributed by atoms with Crippen molar-refractivity contribution in [3.05, 3.63) is 29.3 Å². The summed E-state index contributed by atoms with van der Waals surface area (Å²) in [6, 6.07) is 6.92. The van der Waals surface area contributed by atoms with Crippen LogP contribution in [0.1, 0.15) is 13.8 Å². The van der Waals surface area contributed by atoms with Gasteiger partial charge in [-0.25, -0.2) is 0 Å². The second-order valence-electron chi connectivity index (χ2n) is 5.36. The summed E-state index contributed by atoms with van der Waals surface area (Å²) in [5.41, 5.74) is 5.56. The zero-order chi connectivity index (χ0) is 14.5. The first-order valence-electron chi connectivity index (χ1n) is 6.16. The van der Waals surface area contributed by atoms with Gasteiger partial charge in [0.1, 0.15) is 5.75 Å². The number of nitrogens with two attached hydrogens (primary N) is 1. The van der Waals surface area contributed by atoms with Gasteiger partial charge in [0, 0.05) is 18.6 Å². The van der Waals surface area contributed by atoms with E-state index in [4.69, 9.17) is 22.1 Å². The van der Waals surface area contributed by atoms with Crippen LogP contribution in [0.25, 0.3) is 0 Å². The maximum absolute atomic E-state index is 11.9. The first-order valence-corrected chi connectivity index (χ1v) is 6.54. The van der Waals surface area contributed by atoms with E-state index in [9.17, 15) is 4.79 Å². The highest BCUT2D eigenvalue weighted by atomic mass is 35.5. The van der Waals surface area contributed by atoms with E-state index in [1.165, 1.54) is 0 Å². The largest absolute Gasteiger partial charge is 0.484 e. The molecule has 0 aliphatic heterocycles. The lowest BCUT2D eigenvalue weighted by Crippen LogP contribution is -2.41. The minimum absolute atomic E-state index is 0.0127. The number of amides is 1. The number of hydrogen-bond acceptors (Lipinski definition) is 3. The Hall–Kier alpha value is -1.26. The van der Waals surface area contributed by atoms with E-state index in [2.05, 4.69) is 0 Å². The molecule has 0 bridgehead atoms. The fourth-order valence-electron chi connectivity index (χ4n) is 1.58. The van der Waals surface area contributed by atoms with E-state index < -0.39 is 0 Å². The highest BCUT2D eigenvalue weighted by Crippen LogP contribution is 2.16. The van der Waals surface area contributed by atoms with Gasteiger partial charge in [0.2, 0.25) is 0 Å². The Kier molecular flexibility index (Phi) is 5.63. The third kappa shape index (κ3) is 5.49. The number of nitrogens with zero attached hydrogens (tertiary/aromatic N) is 1. The Morgan fingerprint density at radius 2 is 1.95 bits per heavy atom. The fraction of sp³-hybridized carbons (Fsp3) is 0.500. The van der Waals surface area contributed by atoms with Gasteiger partial charge in [-0.2, -0.15) is 0 Å². The van der Waals surface area contributed by atoms with E-state index in [0.29, 0.717) is 23.9 Å². The van der Waals surface area contributed by atoms with Gasteiger partial charge in [-0.05, 0) is 36.2 Å². The lowest BCUT2D eigenvalue weighted by molar-refractivity contribution is -0.133. The minimum Gasteiger partial charge on any atom is -0.484 e. The smallest absolute Gasteiger partial charge is 0.260 e. The fourth-order valence-corrected chi connectivity index (χ4v) is 1.71. The van der Waals surface area contributed by atoms with Crippen LogP contribution in [0, 0.1) is 5.41 Å². The summed E-state index contributed by atoms with van der Waals surface area (Å²) in [7, 11) is 1.75. The Morgan fingerprint density at radius 3 is 2.47 bits per heavy atom. The van der Waals surface area contributed by atoms with E-state index in [1.54, 1.807) is 36.2 Å². The molecule has 1 aromatic rings. The maximum atomic E-state index is 11.9. The van der Waals surface area contributed by atoms with Crippen molar-refractivity contribution in [1.82, 2.24) is 4.90 Å². The van der Waals surface area contributed by atoms with Crippen LogP contribution in [0.4, 0.5) is 0 Å². The van der Waals surface area contributed by atoms with Gasteiger partial charge >= 0.3 is 0 Å². The first kappa shape index (κ1) is 15.8. The van der Waals surface area contributed by atoms with Gasteiger partial charge in [-0.1, -0.05) is 25.4 Å². The lowest BCUT2D eigenvalue weighted by atomic mass is 9.93. The highest BCUT2D eigenvalue weighted by molar-refractivity contribution is 6.30. The van der Waals surface area contributed by atoms with Gasteiger partial charge in [-0.15, -0.1) is 0 Å². The van der Waals surface area contributed by atoms with Crippen molar-refractivity contribution in [3.8, 4) is 5.75 Å². The van der Waals surface area contributed by atoms with Crippen molar-refractivity contribution in [3.63, 3.8) is 0 Å². The summed E-state index contributed by atoms with van der Waals surface area (Å²) in [6.45, 7) is 5.20. The van der Waals surface area contributed by atoms with E-state index in [0.717, 1.165) is 0 Å². The first-order chi connectivity index (χ1) is 8.84. The minimum atomic E-state index is -0.0926. The Morgan fingerprint density at radius 1 is 1.37 bits per heavy atom. The molecule has 1 amide bonds. The number of rotatable bonds is 6. The molecule has 5 heteroatoms. The number of carbonyl (C=O) groups excluding carboxylic acids is 1. The second kappa shape index (κ2) is 6.78. The van der Waals surface area contributed by atoms with Crippen molar-refractivity contribution >= 4 is 17.5 Å². The molecule has 0 saturated heterocycles. The van der Waals surface area contributed by atoms with Crippen LogP contribution in [0.5, 0.6) is 5.75 Å². The molecule has 0 atom stereocenters. The predicted molar refractivity (Wildman–Crippen MR) is 77.4 cm³/mol. The van der Waals surface area contributed by atoms with Gasteiger partial charge in [0.15, 0.2) is 6.61 Å². The van der Waals surface area contributed by atoms with Crippen molar-refractivity contribution in [2.45, 2.75) is 13.8 Å². The van der Waals surface area contributed by atoms with Crippen molar-refractivity contribution in [1.29, 1.82) is 0 Å². The number of halogens is 1. The van der Waals surface area contributed by atoms with Crippen molar-refractivity contribution in [2.24, 2.45) is 11.1 Å². The molecule has 1 rings (SSSR count). The van der Waals surface area contributed by atoms with Gasteiger partial charge in [0.05, 0.1) is 0 Å². The topological polar surface area (TPSA) is 55.6 Å². The predicted octanol–water partition coefficient (Wildman–Crippen LogP) is 2.16. The molecule has 0 fully saturated rings. The quantitative estimate of drug-likeness (QED) is 0.871. The highest BCUT2D eigenvalue weighted by Gasteiger charge is 2.21. The SMILES string of the molecule is CN(CC(C)(C)CN)C(=O)COc1ccc(Cl)cc1. The number of hydrogen-bond donors (Lipinski definition) is 1. The monoisotopic (exact) mass is 284 g/mol. The summed E-state index contributed by atoms with van der Waals surface area (Å²) in [5.74, 6) is 0.556. The van der Waals surface area contributed by atoms with Crippen molar-refractivity contribution < 1.29 is 9.53 Å². The molecule has 19 heavy (non-hydrogen) atoms. The number of likely N-dealkylation sites (N-methyl/N-ethyl adjacent to an activating group) is 1. The summed E-state index contributed by atoms with van der Waals surface area (Å²) >= 11 is 5.77. The molecule has 0 heterocycles. The lowest BCUT2D eigenvalue weighted by Gasteiger charge is -2.29. The number of ether oxygens (including phenoxy) is 1.